The van der Waals surface area contributed by atoms with Crippen LogP contribution >= 0.6 is 0 Å². The Kier molecular flexibility index (Phi) is 7.52. The van der Waals surface area contributed by atoms with E-state index >= 15 is 0 Å². The SMILES string of the molecule is CC(C)(C)c1ccn[nH]1.CC(C)c1cccc(C(C)C)c1NC1CCCC1. The Hall–Kier alpha value is -1.77. The number of aromatic amines is 1. The molecule has 3 nitrogen and oxygen atoms in total. The minimum Gasteiger partial charge on any atom is -0.382 e. The molecule has 0 spiro atoms. The van der Waals surface area contributed by atoms with E-state index in [1.165, 1.54) is 48.2 Å². The van der Waals surface area contributed by atoms with Crippen LogP contribution in [0.2, 0.25) is 0 Å². The smallest absolute Gasteiger partial charge is 0.0490 e. The Balaban J connectivity index is 0.000000244. The molecule has 3 heteroatoms. The van der Waals surface area contributed by atoms with Gasteiger partial charge in [-0.15, -0.1) is 0 Å². The van der Waals surface area contributed by atoms with Crippen molar-refractivity contribution in [3.63, 3.8) is 0 Å². The summed E-state index contributed by atoms with van der Waals surface area (Å²) in [6, 6.07) is 9.48. The lowest BCUT2D eigenvalue weighted by atomic mass is 9.92. The van der Waals surface area contributed by atoms with Crippen molar-refractivity contribution < 1.29 is 0 Å². The Morgan fingerprint density at radius 2 is 1.52 bits per heavy atom. The van der Waals surface area contributed by atoms with Crippen LogP contribution in [0.1, 0.15) is 103 Å². The first-order chi connectivity index (χ1) is 12.7. The number of H-pyrrole nitrogens is 1. The summed E-state index contributed by atoms with van der Waals surface area (Å²) >= 11 is 0. The van der Waals surface area contributed by atoms with Gasteiger partial charge in [-0.05, 0) is 41.9 Å². The molecule has 1 aliphatic carbocycles. The molecule has 1 fully saturated rings. The monoisotopic (exact) mass is 369 g/mol. The highest BCUT2D eigenvalue weighted by molar-refractivity contribution is 5.60. The molecule has 3 rings (SSSR count). The fraction of sp³-hybridized carbons (Fsp3) is 0.625. The lowest BCUT2D eigenvalue weighted by molar-refractivity contribution is 0.567. The van der Waals surface area contributed by atoms with Gasteiger partial charge in [0.25, 0.3) is 0 Å². The van der Waals surface area contributed by atoms with Crippen LogP contribution in [0, 0.1) is 0 Å². The van der Waals surface area contributed by atoms with E-state index in [9.17, 15) is 0 Å². The second-order valence-electron chi connectivity index (χ2n) is 9.47. The Labute approximate surface area is 166 Å². The standard InChI is InChI=1S/C17H27N.C7H12N2/c1-12(2)15-10-7-11-16(13(3)4)17(15)18-14-8-5-6-9-14;1-7(2,3)6-4-5-8-9-6/h7,10-14,18H,5-6,8-9H2,1-4H3;4-5H,1-3H3,(H,8,9). The van der Waals surface area contributed by atoms with E-state index in [0.29, 0.717) is 17.9 Å². The number of anilines is 1. The predicted octanol–water partition coefficient (Wildman–Crippen LogP) is 7.00. The summed E-state index contributed by atoms with van der Waals surface area (Å²) in [6.07, 6.45) is 7.23. The van der Waals surface area contributed by atoms with Gasteiger partial charge in [-0.1, -0.05) is 79.5 Å². The average Bonchev–Trinajstić information content (AvgIpc) is 3.28. The van der Waals surface area contributed by atoms with Crippen LogP contribution in [-0.4, -0.2) is 16.2 Å². The molecular weight excluding hydrogens is 330 g/mol. The van der Waals surface area contributed by atoms with Gasteiger partial charge in [0, 0.05) is 29.0 Å². The van der Waals surface area contributed by atoms with E-state index in [0.717, 1.165) is 0 Å². The number of nitrogens with one attached hydrogen (secondary N) is 2. The largest absolute Gasteiger partial charge is 0.382 e. The minimum absolute atomic E-state index is 0.205. The van der Waals surface area contributed by atoms with Crippen LogP contribution in [0.25, 0.3) is 0 Å². The van der Waals surface area contributed by atoms with Crippen LogP contribution in [0.3, 0.4) is 0 Å². The third-order valence-corrected chi connectivity index (χ3v) is 5.39. The summed E-state index contributed by atoms with van der Waals surface area (Å²) in [6.45, 7) is 15.6. The summed E-state index contributed by atoms with van der Waals surface area (Å²) in [4.78, 5) is 0. The number of para-hydroxylation sites is 1. The zero-order valence-electron chi connectivity index (χ0n) is 18.4. The van der Waals surface area contributed by atoms with Gasteiger partial charge in [0.2, 0.25) is 0 Å². The molecule has 0 aliphatic heterocycles. The predicted molar refractivity (Wildman–Crippen MR) is 118 cm³/mol. The molecule has 0 bridgehead atoms. The Bertz CT molecular complexity index is 646. The number of rotatable bonds is 4. The molecule has 1 saturated carbocycles. The normalized spacial score (nSPS) is 15.1. The van der Waals surface area contributed by atoms with Crippen LogP contribution in [0.4, 0.5) is 5.69 Å². The maximum atomic E-state index is 3.86. The average molecular weight is 370 g/mol. The van der Waals surface area contributed by atoms with Gasteiger partial charge in [-0.2, -0.15) is 5.10 Å². The molecule has 0 atom stereocenters. The highest BCUT2D eigenvalue weighted by atomic mass is 15.1. The maximum absolute atomic E-state index is 3.86. The zero-order chi connectivity index (χ0) is 20.0. The highest BCUT2D eigenvalue weighted by Gasteiger charge is 2.19. The fourth-order valence-corrected chi connectivity index (χ4v) is 3.67. The summed E-state index contributed by atoms with van der Waals surface area (Å²) in [7, 11) is 0. The van der Waals surface area contributed by atoms with E-state index in [1.54, 1.807) is 6.20 Å². The van der Waals surface area contributed by atoms with Gasteiger partial charge in [0.1, 0.15) is 0 Å². The molecule has 1 aromatic heterocycles. The van der Waals surface area contributed by atoms with Crippen LogP contribution in [0.15, 0.2) is 30.5 Å². The van der Waals surface area contributed by atoms with Crippen molar-refractivity contribution in [1.82, 2.24) is 10.2 Å². The molecule has 1 aliphatic rings. The topological polar surface area (TPSA) is 40.7 Å². The molecule has 2 N–H and O–H groups in total. The first kappa shape index (κ1) is 21.5. The van der Waals surface area contributed by atoms with Crippen molar-refractivity contribution in [1.29, 1.82) is 0 Å². The van der Waals surface area contributed by atoms with Crippen molar-refractivity contribution in [3.05, 3.63) is 47.3 Å². The van der Waals surface area contributed by atoms with E-state index in [1.807, 2.05) is 6.07 Å². The highest BCUT2D eigenvalue weighted by Crippen LogP contribution is 2.34. The first-order valence-electron chi connectivity index (χ1n) is 10.6. The third-order valence-electron chi connectivity index (χ3n) is 5.39. The third kappa shape index (κ3) is 6.12. The summed E-state index contributed by atoms with van der Waals surface area (Å²) in [5.41, 5.74) is 5.77. The molecule has 1 aromatic carbocycles. The lowest BCUT2D eigenvalue weighted by Crippen LogP contribution is -2.18. The summed E-state index contributed by atoms with van der Waals surface area (Å²) < 4.78 is 0. The fourth-order valence-electron chi connectivity index (χ4n) is 3.67. The van der Waals surface area contributed by atoms with Crippen LogP contribution in [-0.2, 0) is 5.41 Å². The first-order valence-corrected chi connectivity index (χ1v) is 10.6. The van der Waals surface area contributed by atoms with Gasteiger partial charge in [0.05, 0.1) is 0 Å². The molecule has 2 aromatic rings. The number of aromatic nitrogens is 2. The second kappa shape index (κ2) is 9.43. The Morgan fingerprint density at radius 1 is 0.963 bits per heavy atom. The van der Waals surface area contributed by atoms with Gasteiger partial charge in [-0.25, -0.2) is 0 Å². The van der Waals surface area contributed by atoms with E-state index in [4.69, 9.17) is 0 Å². The summed E-state index contributed by atoms with van der Waals surface area (Å²) in [5, 5.41) is 10.6. The van der Waals surface area contributed by atoms with E-state index < -0.39 is 0 Å². The number of hydrogen-bond donors (Lipinski definition) is 2. The lowest BCUT2D eigenvalue weighted by Gasteiger charge is -2.24. The summed E-state index contributed by atoms with van der Waals surface area (Å²) in [5.74, 6) is 1.18. The van der Waals surface area contributed by atoms with Gasteiger partial charge in [-0.3, -0.25) is 5.10 Å². The zero-order valence-corrected chi connectivity index (χ0v) is 18.4. The minimum atomic E-state index is 0.205. The van der Waals surface area contributed by atoms with E-state index in [2.05, 4.69) is 82.2 Å². The maximum Gasteiger partial charge on any atom is 0.0490 e. The molecule has 27 heavy (non-hydrogen) atoms. The van der Waals surface area contributed by atoms with Crippen molar-refractivity contribution in [2.75, 3.05) is 5.32 Å². The molecular formula is C24H39N3. The van der Waals surface area contributed by atoms with Crippen molar-refractivity contribution >= 4 is 5.69 Å². The van der Waals surface area contributed by atoms with Gasteiger partial charge >= 0.3 is 0 Å². The van der Waals surface area contributed by atoms with Crippen LogP contribution in [0.5, 0.6) is 0 Å². The van der Waals surface area contributed by atoms with Crippen molar-refractivity contribution in [2.45, 2.75) is 97.4 Å². The molecule has 0 radical (unpaired) electrons. The molecule has 0 amide bonds. The van der Waals surface area contributed by atoms with Gasteiger partial charge < -0.3 is 5.32 Å². The molecule has 1 heterocycles. The molecule has 150 valence electrons. The van der Waals surface area contributed by atoms with Crippen molar-refractivity contribution in [2.24, 2.45) is 0 Å². The van der Waals surface area contributed by atoms with Crippen LogP contribution < -0.4 is 5.32 Å². The molecule has 0 saturated heterocycles. The number of benzene rings is 1. The van der Waals surface area contributed by atoms with Crippen molar-refractivity contribution in [3.8, 4) is 0 Å². The second-order valence-corrected chi connectivity index (χ2v) is 9.47. The number of hydrogen-bond acceptors (Lipinski definition) is 2. The Morgan fingerprint density at radius 3 is 1.89 bits per heavy atom. The molecule has 0 unspecified atom stereocenters. The van der Waals surface area contributed by atoms with E-state index in [-0.39, 0.29) is 5.41 Å². The quantitative estimate of drug-likeness (QED) is 0.609. The van der Waals surface area contributed by atoms with Gasteiger partial charge in [0.15, 0.2) is 0 Å². The number of nitrogens with zero attached hydrogens (tertiary/aromatic N) is 1.